The van der Waals surface area contributed by atoms with Gasteiger partial charge in [0.25, 0.3) is 0 Å². The molecule has 154 valence electrons. The number of sulfonamides is 1. The molecule has 0 bridgehead atoms. The molecule has 0 radical (unpaired) electrons. The van der Waals surface area contributed by atoms with Gasteiger partial charge >= 0.3 is 6.09 Å². The van der Waals surface area contributed by atoms with E-state index in [-0.39, 0.29) is 10.9 Å². The van der Waals surface area contributed by atoms with Gasteiger partial charge < -0.3 is 4.74 Å². The number of nitrogens with zero attached hydrogens (tertiary/aromatic N) is 2. The topological polar surface area (TPSA) is 66.9 Å². The highest BCUT2D eigenvalue weighted by atomic mass is 32.2. The zero-order chi connectivity index (χ0) is 20.6. The number of carbonyl (C=O) groups is 1. The molecule has 1 aliphatic heterocycles. The van der Waals surface area contributed by atoms with E-state index in [4.69, 9.17) is 4.74 Å². The number of carbonyl (C=O) groups excluding carboxylic acids is 1. The number of hydrogen-bond acceptors (Lipinski definition) is 4. The summed E-state index contributed by atoms with van der Waals surface area (Å²) in [7, 11) is -3.62. The third-order valence-electron chi connectivity index (χ3n) is 5.45. The average Bonchev–Trinajstić information content (AvgIpc) is 3.46. The maximum absolute atomic E-state index is 13.3. The van der Waals surface area contributed by atoms with Gasteiger partial charge in [-0.2, -0.15) is 4.31 Å². The predicted molar refractivity (Wildman–Crippen MR) is 111 cm³/mol. The van der Waals surface area contributed by atoms with Crippen LogP contribution in [-0.4, -0.2) is 38.0 Å². The van der Waals surface area contributed by atoms with E-state index in [1.807, 2.05) is 12.1 Å². The third-order valence-corrected chi connectivity index (χ3v) is 7.37. The minimum Gasteiger partial charge on any atom is -0.447 e. The second kappa shape index (κ2) is 7.80. The van der Waals surface area contributed by atoms with E-state index >= 15 is 0 Å². The van der Waals surface area contributed by atoms with Gasteiger partial charge in [0.15, 0.2) is 0 Å². The highest BCUT2D eigenvalue weighted by molar-refractivity contribution is 7.89. The molecule has 0 unspecified atom stereocenters. The number of rotatable bonds is 7. The van der Waals surface area contributed by atoms with Crippen LogP contribution in [0.2, 0.25) is 0 Å². The van der Waals surface area contributed by atoms with Gasteiger partial charge in [-0.05, 0) is 54.2 Å². The van der Waals surface area contributed by atoms with Crippen molar-refractivity contribution in [2.45, 2.75) is 50.1 Å². The molecule has 29 heavy (non-hydrogen) atoms. The Morgan fingerprint density at radius 1 is 1.07 bits per heavy atom. The van der Waals surface area contributed by atoms with Gasteiger partial charge in [0, 0.05) is 18.3 Å². The van der Waals surface area contributed by atoms with E-state index in [0.29, 0.717) is 31.3 Å². The summed E-state index contributed by atoms with van der Waals surface area (Å²) in [6.45, 7) is 5.48. The van der Waals surface area contributed by atoms with Crippen molar-refractivity contribution in [2.24, 2.45) is 0 Å². The Kier molecular flexibility index (Phi) is 5.36. The van der Waals surface area contributed by atoms with Crippen LogP contribution in [-0.2, 0) is 21.3 Å². The second-order valence-corrected chi connectivity index (χ2v) is 9.83. The summed E-state index contributed by atoms with van der Waals surface area (Å²) in [6.07, 6.45) is 1.38. The van der Waals surface area contributed by atoms with Crippen molar-refractivity contribution < 1.29 is 17.9 Å². The molecule has 1 aliphatic carbocycles. The summed E-state index contributed by atoms with van der Waals surface area (Å²) < 4.78 is 33.2. The van der Waals surface area contributed by atoms with Gasteiger partial charge in [-0.3, -0.25) is 4.90 Å². The normalized spacial score (nSPS) is 17.2. The first-order valence-corrected chi connectivity index (χ1v) is 11.5. The number of cyclic esters (lactones) is 1. The summed E-state index contributed by atoms with van der Waals surface area (Å²) in [5.74, 6) is 0.443. The molecular formula is C22H26N2O4S. The van der Waals surface area contributed by atoms with Crippen LogP contribution >= 0.6 is 0 Å². The van der Waals surface area contributed by atoms with Crippen molar-refractivity contribution in [3.8, 4) is 0 Å². The Morgan fingerprint density at radius 2 is 1.72 bits per heavy atom. The molecule has 0 N–H and O–H groups in total. The van der Waals surface area contributed by atoms with E-state index < -0.39 is 16.1 Å². The number of ether oxygens (including phenoxy) is 1. The molecular weight excluding hydrogens is 388 g/mol. The number of benzene rings is 2. The smallest absolute Gasteiger partial charge is 0.414 e. The highest BCUT2D eigenvalue weighted by Crippen LogP contribution is 2.34. The van der Waals surface area contributed by atoms with Crippen LogP contribution in [0.4, 0.5) is 10.5 Å². The van der Waals surface area contributed by atoms with Crippen LogP contribution in [0.5, 0.6) is 0 Å². The molecule has 0 atom stereocenters. The lowest BCUT2D eigenvalue weighted by molar-refractivity contribution is 0.181. The lowest BCUT2D eigenvalue weighted by atomic mass is 10.0. The lowest BCUT2D eigenvalue weighted by Gasteiger charge is -2.23. The van der Waals surface area contributed by atoms with E-state index in [9.17, 15) is 13.2 Å². The third kappa shape index (κ3) is 4.16. The molecule has 1 saturated carbocycles. The number of anilines is 1. The molecule has 6 nitrogen and oxygen atoms in total. The fraction of sp³-hybridized carbons (Fsp3) is 0.409. The Bertz CT molecular complexity index is 980. The Balaban J connectivity index is 1.55. The summed E-state index contributed by atoms with van der Waals surface area (Å²) >= 11 is 0. The molecule has 2 aromatic carbocycles. The van der Waals surface area contributed by atoms with Gasteiger partial charge in [-0.15, -0.1) is 0 Å². The van der Waals surface area contributed by atoms with Crippen molar-refractivity contribution in [1.82, 2.24) is 4.31 Å². The van der Waals surface area contributed by atoms with Crippen molar-refractivity contribution in [2.75, 3.05) is 18.1 Å². The zero-order valence-corrected chi connectivity index (χ0v) is 17.6. The van der Waals surface area contributed by atoms with Gasteiger partial charge in [0.2, 0.25) is 10.0 Å². The lowest BCUT2D eigenvalue weighted by Crippen LogP contribution is -2.32. The highest BCUT2D eigenvalue weighted by Gasteiger charge is 2.38. The van der Waals surface area contributed by atoms with Crippen LogP contribution in [0.25, 0.3) is 0 Å². The molecule has 1 heterocycles. The van der Waals surface area contributed by atoms with Crippen molar-refractivity contribution in [1.29, 1.82) is 0 Å². The summed E-state index contributed by atoms with van der Waals surface area (Å²) in [4.78, 5) is 13.5. The van der Waals surface area contributed by atoms with Crippen LogP contribution in [0.3, 0.4) is 0 Å². The predicted octanol–water partition coefficient (Wildman–Crippen LogP) is 4.12. The summed E-state index contributed by atoms with van der Waals surface area (Å²) in [6, 6.07) is 14.7. The fourth-order valence-corrected chi connectivity index (χ4v) is 5.20. The van der Waals surface area contributed by atoms with Crippen LogP contribution in [0.1, 0.15) is 43.7 Å². The monoisotopic (exact) mass is 414 g/mol. The van der Waals surface area contributed by atoms with Crippen LogP contribution in [0, 0.1) is 0 Å². The molecule has 1 saturated heterocycles. The Hall–Kier alpha value is -2.38. The van der Waals surface area contributed by atoms with Crippen LogP contribution < -0.4 is 4.90 Å². The molecule has 2 aliphatic rings. The fourth-order valence-electron chi connectivity index (χ4n) is 3.52. The quantitative estimate of drug-likeness (QED) is 0.684. The van der Waals surface area contributed by atoms with Crippen molar-refractivity contribution >= 4 is 21.8 Å². The number of hydrogen-bond donors (Lipinski definition) is 0. The first-order valence-electron chi connectivity index (χ1n) is 10.0. The van der Waals surface area contributed by atoms with Crippen LogP contribution in [0.15, 0.2) is 53.4 Å². The molecule has 7 heteroatoms. The van der Waals surface area contributed by atoms with E-state index in [0.717, 1.165) is 18.4 Å². The summed E-state index contributed by atoms with van der Waals surface area (Å²) in [5, 5.41) is 0. The molecule has 0 spiro atoms. The first-order chi connectivity index (χ1) is 13.9. The number of amides is 1. The molecule has 2 aromatic rings. The molecule has 1 amide bonds. The maximum Gasteiger partial charge on any atom is 0.414 e. The van der Waals surface area contributed by atoms with E-state index in [1.54, 1.807) is 28.6 Å². The largest absolute Gasteiger partial charge is 0.447 e. The molecule has 0 aromatic heterocycles. The minimum atomic E-state index is -3.62. The first kappa shape index (κ1) is 19.9. The standard InChI is InChI=1S/C22H26N2O4S/c1-16(2)18-5-3-17(4-6-18)15-24(20-7-8-20)29(26,27)21-11-9-19(10-12-21)23-13-14-28-22(23)25/h3-6,9-12,16,20H,7-8,13-15H2,1-2H3. The van der Waals surface area contributed by atoms with E-state index in [1.165, 1.54) is 10.5 Å². The molecule has 2 fully saturated rings. The van der Waals surface area contributed by atoms with Crippen molar-refractivity contribution in [3.63, 3.8) is 0 Å². The zero-order valence-electron chi connectivity index (χ0n) is 16.7. The second-order valence-electron chi connectivity index (χ2n) is 7.94. The Labute approximate surface area is 172 Å². The summed E-state index contributed by atoms with van der Waals surface area (Å²) in [5.41, 5.74) is 2.88. The maximum atomic E-state index is 13.3. The average molecular weight is 415 g/mol. The van der Waals surface area contributed by atoms with Gasteiger partial charge in [0.05, 0.1) is 11.4 Å². The van der Waals surface area contributed by atoms with Gasteiger partial charge in [0.1, 0.15) is 6.61 Å². The Morgan fingerprint density at radius 3 is 2.24 bits per heavy atom. The van der Waals surface area contributed by atoms with Crippen molar-refractivity contribution in [3.05, 3.63) is 59.7 Å². The van der Waals surface area contributed by atoms with E-state index in [2.05, 4.69) is 26.0 Å². The van der Waals surface area contributed by atoms with Gasteiger partial charge in [-0.25, -0.2) is 13.2 Å². The van der Waals surface area contributed by atoms with Gasteiger partial charge in [-0.1, -0.05) is 38.1 Å². The minimum absolute atomic E-state index is 0.0537. The SMILES string of the molecule is CC(C)c1ccc(CN(C2CC2)S(=O)(=O)c2ccc(N3CCOC3=O)cc2)cc1. The molecule has 4 rings (SSSR count).